The molecule has 5 heteroatoms. The minimum absolute atomic E-state index is 0.0328. The number of hydrogen-bond donors (Lipinski definition) is 1. The van der Waals surface area contributed by atoms with E-state index in [1.165, 1.54) is 5.56 Å². The van der Waals surface area contributed by atoms with E-state index >= 15 is 0 Å². The predicted molar refractivity (Wildman–Crippen MR) is 94.7 cm³/mol. The summed E-state index contributed by atoms with van der Waals surface area (Å²) in [6.45, 7) is 7.03. The number of benzene rings is 1. The van der Waals surface area contributed by atoms with Gasteiger partial charge in [-0.15, -0.1) is 0 Å². The lowest BCUT2D eigenvalue weighted by Crippen LogP contribution is -2.53. The van der Waals surface area contributed by atoms with E-state index in [-0.39, 0.29) is 18.7 Å². The molecule has 5 nitrogen and oxygen atoms in total. The van der Waals surface area contributed by atoms with Crippen LogP contribution in [0.25, 0.3) is 0 Å². The highest BCUT2D eigenvalue weighted by Gasteiger charge is 2.35. The van der Waals surface area contributed by atoms with Crippen molar-refractivity contribution in [1.82, 2.24) is 9.80 Å². The van der Waals surface area contributed by atoms with E-state index in [1.54, 1.807) is 4.90 Å². The number of amides is 1. The third-order valence-corrected chi connectivity index (χ3v) is 4.43. The van der Waals surface area contributed by atoms with Crippen LogP contribution in [0.5, 0.6) is 0 Å². The van der Waals surface area contributed by atoms with Crippen molar-refractivity contribution in [3.8, 4) is 0 Å². The molecular formula is C19H30N2O3. The van der Waals surface area contributed by atoms with Crippen LogP contribution >= 0.6 is 0 Å². The highest BCUT2D eigenvalue weighted by atomic mass is 16.6. The Labute approximate surface area is 145 Å². The highest BCUT2D eigenvalue weighted by Crippen LogP contribution is 2.24. The molecular weight excluding hydrogens is 304 g/mol. The van der Waals surface area contributed by atoms with Crippen molar-refractivity contribution >= 4 is 6.09 Å². The van der Waals surface area contributed by atoms with Crippen molar-refractivity contribution in [2.75, 3.05) is 20.2 Å². The quantitative estimate of drug-likeness (QED) is 0.920. The Morgan fingerprint density at radius 3 is 2.58 bits per heavy atom. The van der Waals surface area contributed by atoms with Crippen LogP contribution in [-0.2, 0) is 11.3 Å². The first-order chi connectivity index (χ1) is 11.3. The maximum atomic E-state index is 12.3. The third kappa shape index (κ3) is 5.21. The van der Waals surface area contributed by atoms with Gasteiger partial charge in [-0.1, -0.05) is 30.3 Å². The molecule has 1 N–H and O–H groups in total. The molecule has 0 aliphatic carbocycles. The van der Waals surface area contributed by atoms with Gasteiger partial charge < -0.3 is 14.7 Å². The average molecular weight is 334 g/mol. The minimum Gasteiger partial charge on any atom is -0.444 e. The molecule has 1 aromatic carbocycles. The number of aliphatic hydroxyl groups excluding tert-OH is 1. The van der Waals surface area contributed by atoms with Crippen LogP contribution in [0.15, 0.2) is 30.3 Å². The van der Waals surface area contributed by atoms with Gasteiger partial charge in [0.1, 0.15) is 5.60 Å². The SMILES string of the molecule is CN(Cc1ccccc1)C1CCN(C(=O)OC(C)(C)C)C(CO)C1. The van der Waals surface area contributed by atoms with Gasteiger partial charge in [-0.25, -0.2) is 4.79 Å². The second-order valence-electron chi connectivity index (χ2n) is 7.59. The number of likely N-dealkylation sites (tertiary alicyclic amines) is 1. The summed E-state index contributed by atoms with van der Waals surface area (Å²) in [6, 6.07) is 10.5. The van der Waals surface area contributed by atoms with Gasteiger partial charge in [-0.3, -0.25) is 4.90 Å². The fraction of sp³-hybridized carbons (Fsp3) is 0.632. The predicted octanol–water partition coefficient (Wildman–Crippen LogP) is 2.88. The van der Waals surface area contributed by atoms with Gasteiger partial charge in [-0.05, 0) is 46.2 Å². The minimum atomic E-state index is -0.516. The van der Waals surface area contributed by atoms with Gasteiger partial charge in [0.05, 0.1) is 12.6 Å². The zero-order valence-corrected chi connectivity index (χ0v) is 15.2. The number of rotatable bonds is 4. The summed E-state index contributed by atoms with van der Waals surface area (Å²) < 4.78 is 5.46. The van der Waals surface area contributed by atoms with Gasteiger partial charge in [0.2, 0.25) is 0 Å². The van der Waals surface area contributed by atoms with Gasteiger partial charge in [0, 0.05) is 19.1 Å². The second kappa shape index (κ2) is 7.99. The summed E-state index contributed by atoms with van der Waals surface area (Å²) in [5, 5.41) is 9.73. The molecule has 1 fully saturated rings. The fourth-order valence-corrected chi connectivity index (χ4v) is 3.16. The lowest BCUT2D eigenvalue weighted by Gasteiger charge is -2.42. The molecule has 2 rings (SSSR count). The van der Waals surface area contributed by atoms with Crippen LogP contribution in [0.3, 0.4) is 0 Å². The van der Waals surface area contributed by atoms with Gasteiger partial charge in [0.25, 0.3) is 0 Å². The molecule has 134 valence electrons. The number of nitrogens with zero attached hydrogens (tertiary/aromatic N) is 2. The molecule has 1 saturated heterocycles. The molecule has 2 unspecified atom stereocenters. The Morgan fingerprint density at radius 1 is 1.33 bits per heavy atom. The average Bonchev–Trinajstić information content (AvgIpc) is 2.53. The van der Waals surface area contributed by atoms with Gasteiger partial charge in [-0.2, -0.15) is 0 Å². The van der Waals surface area contributed by atoms with Crippen molar-refractivity contribution < 1.29 is 14.6 Å². The lowest BCUT2D eigenvalue weighted by atomic mass is 9.96. The summed E-state index contributed by atoms with van der Waals surface area (Å²) in [5.41, 5.74) is 0.757. The van der Waals surface area contributed by atoms with E-state index < -0.39 is 5.60 Å². The lowest BCUT2D eigenvalue weighted by molar-refractivity contribution is -0.00980. The number of carbonyl (C=O) groups is 1. The number of ether oxygens (including phenoxy) is 1. The first kappa shape index (κ1) is 18.7. The van der Waals surface area contributed by atoms with Crippen LogP contribution in [0.1, 0.15) is 39.2 Å². The standard InChI is InChI=1S/C19H30N2O3/c1-19(2,3)24-18(23)21-11-10-16(12-17(21)14-22)20(4)13-15-8-6-5-7-9-15/h5-9,16-17,22H,10-14H2,1-4H3. The van der Waals surface area contributed by atoms with Crippen LogP contribution in [0.2, 0.25) is 0 Å². The molecule has 1 amide bonds. The zero-order valence-electron chi connectivity index (χ0n) is 15.2. The fourth-order valence-electron chi connectivity index (χ4n) is 3.16. The number of piperidine rings is 1. The molecule has 1 heterocycles. The molecule has 2 atom stereocenters. The Bertz CT molecular complexity index is 527. The molecule has 0 spiro atoms. The van der Waals surface area contributed by atoms with Crippen LogP contribution < -0.4 is 0 Å². The van der Waals surface area contributed by atoms with E-state index in [0.717, 1.165) is 19.4 Å². The summed E-state index contributed by atoms with van der Waals surface area (Å²) in [7, 11) is 2.11. The molecule has 0 aromatic heterocycles. The molecule has 1 aliphatic heterocycles. The largest absolute Gasteiger partial charge is 0.444 e. The second-order valence-corrected chi connectivity index (χ2v) is 7.59. The van der Waals surface area contributed by atoms with E-state index in [0.29, 0.717) is 12.6 Å². The molecule has 1 aliphatic rings. The van der Waals surface area contributed by atoms with E-state index in [9.17, 15) is 9.90 Å². The van der Waals surface area contributed by atoms with E-state index in [2.05, 4.69) is 24.1 Å². The molecule has 0 bridgehead atoms. The van der Waals surface area contributed by atoms with Crippen molar-refractivity contribution in [3.63, 3.8) is 0 Å². The van der Waals surface area contributed by atoms with Gasteiger partial charge in [0.15, 0.2) is 0 Å². The van der Waals surface area contributed by atoms with Crippen LogP contribution in [0, 0.1) is 0 Å². The Kier molecular flexibility index (Phi) is 6.24. The third-order valence-electron chi connectivity index (χ3n) is 4.43. The molecule has 24 heavy (non-hydrogen) atoms. The van der Waals surface area contributed by atoms with Crippen molar-refractivity contribution in [3.05, 3.63) is 35.9 Å². The summed E-state index contributed by atoms with van der Waals surface area (Å²) >= 11 is 0. The normalized spacial score (nSPS) is 21.8. The maximum Gasteiger partial charge on any atom is 0.410 e. The monoisotopic (exact) mass is 334 g/mol. The summed E-state index contributed by atoms with van der Waals surface area (Å²) in [6.07, 6.45) is 1.32. The Morgan fingerprint density at radius 2 is 2.00 bits per heavy atom. The molecule has 1 aromatic rings. The van der Waals surface area contributed by atoms with E-state index in [1.807, 2.05) is 39.0 Å². The smallest absolute Gasteiger partial charge is 0.410 e. The van der Waals surface area contributed by atoms with Crippen molar-refractivity contribution in [2.24, 2.45) is 0 Å². The highest BCUT2D eigenvalue weighted by molar-refractivity contribution is 5.68. The zero-order chi connectivity index (χ0) is 17.7. The topological polar surface area (TPSA) is 53.0 Å². The Balaban J connectivity index is 1.95. The Hall–Kier alpha value is -1.59. The van der Waals surface area contributed by atoms with Crippen molar-refractivity contribution in [1.29, 1.82) is 0 Å². The van der Waals surface area contributed by atoms with Gasteiger partial charge >= 0.3 is 6.09 Å². The molecule has 0 saturated carbocycles. The summed E-state index contributed by atoms with van der Waals surface area (Å²) in [5.74, 6) is 0. The van der Waals surface area contributed by atoms with Crippen LogP contribution in [-0.4, -0.2) is 58.9 Å². The summed E-state index contributed by atoms with van der Waals surface area (Å²) in [4.78, 5) is 16.3. The van der Waals surface area contributed by atoms with E-state index in [4.69, 9.17) is 4.74 Å². The molecule has 0 radical (unpaired) electrons. The maximum absolute atomic E-state index is 12.3. The number of hydrogen-bond acceptors (Lipinski definition) is 4. The number of aliphatic hydroxyl groups is 1. The number of carbonyl (C=O) groups excluding carboxylic acids is 1. The first-order valence-electron chi connectivity index (χ1n) is 8.65. The first-order valence-corrected chi connectivity index (χ1v) is 8.65. The van der Waals surface area contributed by atoms with Crippen molar-refractivity contribution in [2.45, 2.75) is 57.8 Å². The van der Waals surface area contributed by atoms with Crippen LogP contribution in [0.4, 0.5) is 4.79 Å².